The molecule has 0 heteroatoms. The summed E-state index contributed by atoms with van der Waals surface area (Å²) < 4.78 is 0. The molecule has 0 bridgehead atoms. The standard InChI is InChI=1S/C52H34/c1-2-17-37(18-3-1)51-46-24-10-12-26-48(46)52(49-27-13-11-25-47(49)51)50-34-40(31-32-45(50)44-28-14-20-36-16-6-7-21-41(36)44)43-23-9-8-22-42(43)39-30-29-35-15-4-5-19-38(35)33-39/h1-34H. The first kappa shape index (κ1) is 30.1. The molecule has 0 aliphatic carbocycles. The first-order valence-corrected chi connectivity index (χ1v) is 18.0. The smallest absolute Gasteiger partial charge is 0.00199 e. The molecule has 52 heavy (non-hydrogen) atoms. The van der Waals surface area contributed by atoms with Gasteiger partial charge in [-0.3, -0.25) is 0 Å². The van der Waals surface area contributed by atoms with Crippen molar-refractivity contribution in [2.45, 2.75) is 0 Å². The first-order chi connectivity index (χ1) is 25.8. The lowest BCUT2D eigenvalue weighted by Gasteiger charge is -2.21. The zero-order chi connectivity index (χ0) is 34.4. The van der Waals surface area contributed by atoms with E-state index in [-0.39, 0.29) is 0 Å². The molecular formula is C52H34. The van der Waals surface area contributed by atoms with Crippen molar-refractivity contribution in [2.24, 2.45) is 0 Å². The minimum Gasteiger partial charge on any atom is -0.0622 e. The lowest BCUT2D eigenvalue weighted by molar-refractivity contribution is 1.58. The molecule has 0 heterocycles. The summed E-state index contributed by atoms with van der Waals surface area (Å²) >= 11 is 0. The van der Waals surface area contributed by atoms with Crippen molar-refractivity contribution in [2.75, 3.05) is 0 Å². The molecule has 0 atom stereocenters. The van der Waals surface area contributed by atoms with E-state index in [1.54, 1.807) is 0 Å². The third kappa shape index (κ3) is 5.00. The molecule has 0 fully saturated rings. The number of fused-ring (bicyclic) bond motifs is 4. The van der Waals surface area contributed by atoms with Gasteiger partial charge in [0.25, 0.3) is 0 Å². The number of hydrogen-bond donors (Lipinski definition) is 0. The zero-order valence-corrected chi connectivity index (χ0v) is 28.6. The Labute approximate surface area is 303 Å². The van der Waals surface area contributed by atoms with Crippen LogP contribution in [0.3, 0.4) is 0 Å². The fraction of sp³-hybridized carbons (Fsp3) is 0. The zero-order valence-electron chi connectivity index (χ0n) is 28.6. The summed E-state index contributed by atoms with van der Waals surface area (Å²) in [5.74, 6) is 0. The summed E-state index contributed by atoms with van der Waals surface area (Å²) in [5.41, 5.74) is 12.3. The van der Waals surface area contributed by atoms with E-state index in [0.717, 1.165) is 0 Å². The second-order valence-corrected chi connectivity index (χ2v) is 13.6. The Balaban J connectivity index is 1.30. The summed E-state index contributed by atoms with van der Waals surface area (Å²) in [7, 11) is 0. The predicted octanol–water partition coefficient (Wildman–Crippen LogP) is 14.6. The van der Waals surface area contributed by atoms with Crippen LogP contribution < -0.4 is 0 Å². The molecule has 0 amide bonds. The van der Waals surface area contributed by atoms with E-state index < -0.39 is 0 Å². The molecule has 0 saturated carbocycles. The van der Waals surface area contributed by atoms with Crippen molar-refractivity contribution in [3.8, 4) is 55.6 Å². The summed E-state index contributed by atoms with van der Waals surface area (Å²) in [6.45, 7) is 0. The van der Waals surface area contributed by atoms with Crippen LogP contribution in [-0.4, -0.2) is 0 Å². The average molecular weight is 659 g/mol. The lowest BCUT2D eigenvalue weighted by Crippen LogP contribution is -1.94. The van der Waals surface area contributed by atoms with Gasteiger partial charge in [0.05, 0.1) is 0 Å². The van der Waals surface area contributed by atoms with Crippen LogP contribution in [0, 0.1) is 0 Å². The Morgan fingerprint density at radius 1 is 0.192 bits per heavy atom. The molecule has 0 spiro atoms. The highest BCUT2D eigenvalue weighted by atomic mass is 14.2. The minimum atomic E-state index is 1.20. The van der Waals surface area contributed by atoms with Gasteiger partial charge < -0.3 is 0 Å². The second-order valence-electron chi connectivity index (χ2n) is 13.6. The van der Waals surface area contributed by atoms with Gasteiger partial charge in [0.1, 0.15) is 0 Å². The molecular weight excluding hydrogens is 625 g/mol. The quantitative estimate of drug-likeness (QED) is 0.161. The SMILES string of the molecule is c1ccc(-c2c3ccccc3c(-c3cc(-c4ccccc4-c4ccc5ccccc5c4)ccc3-c3cccc4ccccc34)c3ccccc23)cc1. The summed E-state index contributed by atoms with van der Waals surface area (Å²) in [6, 6.07) is 75.7. The first-order valence-electron chi connectivity index (χ1n) is 18.0. The van der Waals surface area contributed by atoms with Gasteiger partial charge in [-0.25, -0.2) is 0 Å². The normalized spacial score (nSPS) is 11.5. The van der Waals surface area contributed by atoms with Gasteiger partial charge in [-0.15, -0.1) is 0 Å². The highest BCUT2D eigenvalue weighted by Crippen LogP contribution is 2.48. The Bertz CT molecular complexity index is 2890. The molecule has 10 aromatic carbocycles. The number of hydrogen-bond acceptors (Lipinski definition) is 0. The van der Waals surface area contributed by atoms with Crippen molar-refractivity contribution < 1.29 is 0 Å². The predicted molar refractivity (Wildman–Crippen MR) is 224 cm³/mol. The van der Waals surface area contributed by atoms with E-state index in [1.807, 2.05) is 0 Å². The van der Waals surface area contributed by atoms with Gasteiger partial charge in [0, 0.05) is 0 Å². The molecule has 0 aliphatic heterocycles. The van der Waals surface area contributed by atoms with Crippen LogP contribution >= 0.6 is 0 Å². The van der Waals surface area contributed by atoms with E-state index in [1.165, 1.54) is 98.7 Å². The highest BCUT2D eigenvalue weighted by molar-refractivity contribution is 6.23. The largest absolute Gasteiger partial charge is 0.0622 e. The maximum absolute atomic E-state index is 2.45. The number of rotatable bonds is 5. The number of benzene rings is 10. The van der Waals surface area contributed by atoms with Crippen molar-refractivity contribution in [3.05, 3.63) is 206 Å². The monoisotopic (exact) mass is 658 g/mol. The Hall–Kier alpha value is -6.76. The highest BCUT2D eigenvalue weighted by Gasteiger charge is 2.21. The molecule has 0 aromatic heterocycles. The van der Waals surface area contributed by atoms with Gasteiger partial charge in [-0.05, 0) is 111 Å². The van der Waals surface area contributed by atoms with E-state index in [2.05, 4.69) is 206 Å². The van der Waals surface area contributed by atoms with Crippen molar-refractivity contribution in [1.29, 1.82) is 0 Å². The van der Waals surface area contributed by atoms with Crippen LogP contribution in [0.5, 0.6) is 0 Å². The van der Waals surface area contributed by atoms with Gasteiger partial charge in [0.15, 0.2) is 0 Å². The lowest BCUT2D eigenvalue weighted by atomic mass is 9.82. The van der Waals surface area contributed by atoms with Crippen molar-refractivity contribution >= 4 is 43.1 Å². The van der Waals surface area contributed by atoms with E-state index in [0.29, 0.717) is 0 Å². The van der Waals surface area contributed by atoms with Crippen molar-refractivity contribution in [1.82, 2.24) is 0 Å². The summed E-state index contributed by atoms with van der Waals surface area (Å²) in [5, 5.41) is 10.0. The molecule has 242 valence electrons. The van der Waals surface area contributed by atoms with Crippen LogP contribution in [0.2, 0.25) is 0 Å². The third-order valence-corrected chi connectivity index (χ3v) is 10.7. The van der Waals surface area contributed by atoms with Gasteiger partial charge in [-0.2, -0.15) is 0 Å². The van der Waals surface area contributed by atoms with Crippen LogP contribution in [0.25, 0.3) is 98.7 Å². The van der Waals surface area contributed by atoms with E-state index >= 15 is 0 Å². The summed E-state index contributed by atoms with van der Waals surface area (Å²) in [6.07, 6.45) is 0. The van der Waals surface area contributed by atoms with E-state index in [4.69, 9.17) is 0 Å². The summed E-state index contributed by atoms with van der Waals surface area (Å²) in [4.78, 5) is 0. The fourth-order valence-electron chi connectivity index (χ4n) is 8.29. The van der Waals surface area contributed by atoms with Crippen LogP contribution in [0.4, 0.5) is 0 Å². The third-order valence-electron chi connectivity index (χ3n) is 10.7. The van der Waals surface area contributed by atoms with Gasteiger partial charge in [0.2, 0.25) is 0 Å². The topological polar surface area (TPSA) is 0 Å². The Morgan fingerprint density at radius 3 is 1.37 bits per heavy atom. The molecule has 0 saturated heterocycles. The second kappa shape index (κ2) is 12.5. The van der Waals surface area contributed by atoms with Crippen LogP contribution in [0.15, 0.2) is 206 Å². The molecule has 0 N–H and O–H groups in total. The van der Waals surface area contributed by atoms with Crippen LogP contribution in [0.1, 0.15) is 0 Å². The average Bonchev–Trinajstić information content (AvgIpc) is 3.22. The van der Waals surface area contributed by atoms with Gasteiger partial charge >= 0.3 is 0 Å². The maximum Gasteiger partial charge on any atom is -0.00199 e. The minimum absolute atomic E-state index is 1.20. The molecule has 10 rings (SSSR count). The molecule has 0 aliphatic rings. The Morgan fingerprint density at radius 2 is 0.673 bits per heavy atom. The molecule has 0 unspecified atom stereocenters. The molecule has 0 radical (unpaired) electrons. The molecule has 10 aromatic rings. The Kier molecular flexibility index (Phi) is 7.25. The van der Waals surface area contributed by atoms with Gasteiger partial charge in [-0.1, -0.05) is 194 Å². The van der Waals surface area contributed by atoms with Crippen LogP contribution in [-0.2, 0) is 0 Å². The van der Waals surface area contributed by atoms with Crippen molar-refractivity contribution in [3.63, 3.8) is 0 Å². The maximum atomic E-state index is 2.45. The fourth-order valence-corrected chi connectivity index (χ4v) is 8.29. The molecule has 0 nitrogen and oxygen atoms in total. The van der Waals surface area contributed by atoms with E-state index in [9.17, 15) is 0 Å².